The number of carbonyl (C=O) groups excluding carboxylic acids is 2. The molecule has 0 aliphatic heterocycles. The van der Waals surface area contributed by atoms with Gasteiger partial charge in [-0.1, -0.05) is 148 Å². The molecule has 5 heteroatoms. The Kier molecular flexibility index (Phi) is 33.9. The van der Waals surface area contributed by atoms with E-state index in [1.165, 1.54) is 0 Å². The lowest BCUT2D eigenvalue weighted by Gasteiger charge is -2.15. The molecule has 0 aromatic rings. The Labute approximate surface area is 286 Å². The van der Waals surface area contributed by atoms with Gasteiger partial charge in [-0.3, -0.25) is 9.59 Å². The summed E-state index contributed by atoms with van der Waals surface area (Å²) in [5.41, 5.74) is 0. The van der Waals surface area contributed by atoms with Gasteiger partial charge in [-0.15, -0.1) is 0 Å². The number of unbranched alkanes of at least 4 members (excludes halogenated alkanes) is 5. The smallest absolute Gasteiger partial charge is 0.306 e. The van der Waals surface area contributed by atoms with Gasteiger partial charge in [-0.25, -0.2) is 0 Å². The molecule has 0 fully saturated rings. The van der Waals surface area contributed by atoms with E-state index in [0.29, 0.717) is 12.8 Å². The number of aliphatic hydroxyl groups is 1. The molecule has 0 aromatic heterocycles. The van der Waals surface area contributed by atoms with Crippen molar-refractivity contribution in [3.63, 3.8) is 0 Å². The van der Waals surface area contributed by atoms with Crippen molar-refractivity contribution in [1.82, 2.24) is 0 Å². The average molecular weight is 647 g/mol. The summed E-state index contributed by atoms with van der Waals surface area (Å²) >= 11 is 0. The summed E-state index contributed by atoms with van der Waals surface area (Å²) in [6, 6.07) is 0. The highest BCUT2D eigenvalue weighted by molar-refractivity contribution is 5.70. The molecule has 47 heavy (non-hydrogen) atoms. The summed E-state index contributed by atoms with van der Waals surface area (Å²) in [4.78, 5) is 24.1. The quantitative estimate of drug-likeness (QED) is 0.0379. The van der Waals surface area contributed by atoms with E-state index in [1.54, 1.807) is 0 Å². The molecule has 0 radical (unpaired) electrons. The minimum absolute atomic E-state index is 0.123. The van der Waals surface area contributed by atoms with Crippen LogP contribution in [0.2, 0.25) is 0 Å². The predicted molar refractivity (Wildman–Crippen MR) is 200 cm³/mol. The second-order valence-corrected chi connectivity index (χ2v) is 10.9. The molecule has 0 heterocycles. The Morgan fingerprint density at radius 3 is 1.55 bits per heavy atom. The van der Waals surface area contributed by atoms with Crippen LogP contribution in [-0.4, -0.2) is 36.4 Å². The van der Waals surface area contributed by atoms with Crippen molar-refractivity contribution in [2.75, 3.05) is 13.2 Å². The lowest BCUT2D eigenvalue weighted by Crippen LogP contribution is -2.28. The third kappa shape index (κ3) is 35.0. The van der Waals surface area contributed by atoms with Crippen molar-refractivity contribution in [3.05, 3.63) is 122 Å². The zero-order chi connectivity index (χ0) is 34.3. The van der Waals surface area contributed by atoms with Crippen LogP contribution in [0.25, 0.3) is 0 Å². The molecule has 0 saturated heterocycles. The summed E-state index contributed by atoms with van der Waals surface area (Å²) in [7, 11) is 0. The first kappa shape index (κ1) is 43.3. The number of carbonyl (C=O) groups is 2. The average Bonchev–Trinajstić information content (AvgIpc) is 3.07. The van der Waals surface area contributed by atoms with E-state index < -0.39 is 6.10 Å². The van der Waals surface area contributed by atoms with Crippen LogP contribution in [0.5, 0.6) is 0 Å². The minimum Gasteiger partial charge on any atom is -0.462 e. The highest BCUT2D eigenvalue weighted by Gasteiger charge is 2.15. The molecule has 0 spiro atoms. The predicted octanol–water partition coefficient (Wildman–Crippen LogP) is 10.9. The van der Waals surface area contributed by atoms with Crippen LogP contribution in [-0.2, 0) is 19.1 Å². The topological polar surface area (TPSA) is 72.8 Å². The number of esters is 2. The van der Waals surface area contributed by atoms with Crippen molar-refractivity contribution in [1.29, 1.82) is 0 Å². The fourth-order valence-electron chi connectivity index (χ4n) is 4.02. The maximum Gasteiger partial charge on any atom is 0.306 e. The Morgan fingerprint density at radius 1 is 0.511 bits per heavy atom. The van der Waals surface area contributed by atoms with Crippen molar-refractivity contribution in [3.8, 4) is 0 Å². The fraction of sp³-hybridized carbons (Fsp3) is 0.476. The lowest BCUT2D eigenvalue weighted by atomic mass is 10.1. The molecule has 1 N–H and O–H groups in total. The van der Waals surface area contributed by atoms with E-state index in [4.69, 9.17) is 9.47 Å². The van der Waals surface area contributed by atoms with Crippen LogP contribution < -0.4 is 0 Å². The number of aliphatic hydroxyl groups excluding tert-OH is 1. The zero-order valence-corrected chi connectivity index (χ0v) is 29.2. The van der Waals surface area contributed by atoms with Gasteiger partial charge < -0.3 is 14.6 Å². The lowest BCUT2D eigenvalue weighted by molar-refractivity contribution is -0.161. The molecule has 0 rings (SSSR count). The third-order valence-electron chi connectivity index (χ3n) is 6.63. The van der Waals surface area contributed by atoms with E-state index in [-0.39, 0.29) is 31.6 Å². The number of allylic oxidation sites excluding steroid dienone is 20. The minimum atomic E-state index is -0.822. The van der Waals surface area contributed by atoms with Crippen molar-refractivity contribution in [2.24, 2.45) is 0 Å². The molecule has 1 unspecified atom stereocenters. The molecule has 0 aliphatic rings. The van der Waals surface area contributed by atoms with E-state index in [1.807, 2.05) is 54.7 Å². The maximum atomic E-state index is 12.1. The van der Waals surface area contributed by atoms with Crippen molar-refractivity contribution < 1.29 is 24.2 Å². The second kappa shape index (κ2) is 36.8. The Balaban J connectivity index is 3.80. The number of rotatable bonds is 29. The molecule has 260 valence electrons. The molecular formula is C42H62O5. The van der Waals surface area contributed by atoms with Crippen molar-refractivity contribution in [2.45, 2.75) is 116 Å². The van der Waals surface area contributed by atoms with Crippen LogP contribution in [0.4, 0.5) is 0 Å². The van der Waals surface area contributed by atoms with E-state index in [0.717, 1.165) is 77.0 Å². The van der Waals surface area contributed by atoms with Crippen LogP contribution in [0.15, 0.2) is 122 Å². The Hall–Kier alpha value is -3.70. The van der Waals surface area contributed by atoms with Gasteiger partial charge in [0, 0.05) is 12.8 Å². The Morgan fingerprint density at radius 2 is 0.979 bits per heavy atom. The standard InChI is InChI=1S/C42H62O5/c1-3-5-7-9-11-13-15-17-18-19-20-21-22-23-25-27-29-31-33-35-37-42(45)47-40(38-43)39-46-41(44)36-34-32-30-28-26-24-16-14-12-10-8-6-4-2/h5-8,10-14,16-18,20-21,23-26,28,30,40,43H,3-4,9,15,19,22,27,29,31-39H2,1-2H3/b7-5+,8-6+,12-10+,13-11+,16-14+,18-17+,21-20+,25-23+,26-24+,30-28+. The van der Waals surface area contributed by atoms with Gasteiger partial charge in [-0.05, 0) is 70.6 Å². The number of hydrogen-bond donors (Lipinski definition) is 1. The van der Waals surface area contributed by atoms with Gasteiger partial charge in [0.25, 0.3) is 0 Å². The largest absolute Gasteiger partial charge is 0.462 e. The molecule has 0 aliphatic carbocycles. The van der Waals surface area contributed by atoms with Gasteiger partial charge in [-0.2, -0.15) is 0 Å². The summed E-state index contributed by atoms with van der Waals surface area (Å²) in [6.45, 7) is 3.75. The summed E-state index contributed by atoms with van der Waals surface area (Å²) in [5, 5.41) is 9.51. The first-order valence-corrected chi connectivity index (χ1v) is 17.7. The zero-order valence-electron chi connectivity index (χ0n) is 29.2. The van der Waals surface area contributed by atoms with Crippen LogP contribution >= 0.6 is 0 Å². The normalized spacial score (nSPS) is 13.7. The summed E-state index contributed by atoms with van der Waals surface area (Å²) in [5.74, 6) is -0.724. The van der Waals surface area contributed by atoms with Gasteiger partial charge in [0.15, 0.2) is 6.10 Å². The maximum absolute atomic E-state index is 12.1. The molecule has 0 bridgehead atoms. The van der Waals surface area contributed by atoms with Crippen LogP contribution in [0.1, 0.15) is 110 Å². The monoisotopic (exact) mass is 646 g/mol. The van der Waals surface area contributed by atoms with Crippen LogP contribution in [0, 0.1) is 0 Å². The molecule has 0 amide bonds. The molecule has 0 saturated carbocycles. The number of hydrogen-bond acceptors (Lipinski definition) is 5. The molecule has 0 aromatic carbocycles. The first-order chi connectivity index (χ1) is 23.1. The van der Waals surface area contributed by atoms with Gasteiger partial charge >= 0.3 is 11.9 Å². The van der Waals surface area contributed by atoms with Gasteiger partial charge in [0.1, 0.15) is 6.61 Å². The molecule has 1 atom stereocenters. The second-order valence-electron chi connectivity index (χ2n) is 10.9. The molecule has 5 nitrogen and oxygen atoms in total. The third-order valence-corrected chi connectivity index (χ3v) is 6.63. The first-order valence-electron chi connectivity index (χ1n) is 17.7. The highest BCUT2D eigenvalue weighted by atomic mass is 16.6. The van der Waals surface area contributed by atoms with Crippen LogP contribution in [0.3, 0.4) is 0 Å². The van der Waals surface area contributed by atoms with Gasteiger partial charge in [0.05, 0.1) is 6.61 Å². The Bertz CT molecular complexity index is 1050. The molecular weight excluding hydrogens is 584 g/mol. The van der Waals surface area contributed by atoms with E-state index in [9.17, 15) is 14.7 Å². The van der Waals surface area contributed by atoms with E-state index in [2.05, 4.69) is 80.7 Å². The fourth-order valence-corrected chi connectivity index (χ4v) is 4.02. The van der Waals surface area contributed by atoms with Crippen molar-refractivity contribution >= 4 is 11.9 Å². The van der Waals surface area contributed by atoms with E-state index >= 15 is 0 Å². The highest BCUT2D eigenvalue weighted by Crippen LogP contribution is 2.09. The van der Waals surface area contributed by atoms with Gasteiger partial charge in [0.2, 0.25) is 0 Å². The summed E-state index contributed by atoms with van der Waals surface area (Å²) < 4.78 is 10.5. The SMILES string of the molecule is CC/C=C/C=C/C=C/C=C/C=C/CCCC(=O)OCC(CO)OC(=O)CCCCCC/C=C/C/C=C/C/C=C/C/C=C/C/C=C/CC. The summed E-state index contributed by atoms with van der Waals surface area (Å²) in [6.07, 6.45) is 54.0. The number of ether oxygens (including phenoxy) is 2.